The molecule has 0 amide bonds. The molecule has 6 nitrogen and oxygen atoms in total. The van der Waals surface area contributed by atoms with Crippen LogP contribution >= 0.6 is 0 Å². The largest absolute Gasteiger partial charge is 0.493 e. The molecule has 0 bridgehead atoms. The highest BCUT2D eigenvalue weighted by atomic mass is 32.2. The summed E-state index contributed by atoms with van der Waals surface area (Å²) in [4.78, 5) is 13.7. The van der Waals surface area contributed by atoms with Crippen LogP contribution in [-0.2, 0) is 14.6 Å². The number of hydrogen-bond donors (Lipinski definition) is 0. The highest BCUT2D eigenvalue weighted by Crippen LogP contribution is 2.48. The Bertz CT molecular complexity index is 1130. The van der Waals surface area contributed by atoms with Gasteiger partial charge >= 0.3 is 0 Å². The number of carbonyl (C=O) groups excluding carboxylic acids is 1. The first-order chi connectivity index (χ1) is 16.7. The lowest BCUT2D eigenvalue weighted by atomic mass is 9.79. The Morgan fingerprint density at radius 1 is 1.06 bits per heavy atom. The van der Waals surface area contributed by atoms with Crippen LogP contribution in [0.25, 0.3) is 0 Å². The van der Waals surface area contributed by atoms with Gasteiger partial charge in [0.1, 0.15) is 0 Å². The van der Waals surface area contributed by atoms with E-state index in [1.54, 1.807) is 12.1 Å². The fourth-order valence-electron chi connectivity index (χ4n) is 4.76. The van der Waals surface area contributed by atoms with Crippen LogP contribution in [0.15, 0.2) is 59.7 Å². The molecule has 7 heteroatoms. The summed E-state index contributed by atoms with van der Waals surface area (Å²) in [6.07, 6.45) is 8.23. The Morgan fingerprint density at radius 3 is 2.29 bits per heavy atom. The van der Waals surface area contributed by atoms with E-state index in [4.69, 9.17) is 9.47 Å². The molecule has 190 valence electrons. The van der Waals surface area contributed by atoms with Crippen molar-refractivity contribution in [1.29, 1.82) is 0 Å². The first-order valence-corrected chi connectivity index (χ1v) is 14.0. The van der Waals surface area contributed by atoms with Crippen molar-refractivity contribution < 1.29 is 22.7 Å². The van der Waals surface area contributed by atoms with Gasteiger partial charge in [-0.2, -0.15) is 0 Å². The maximum absolute atomic E-state index is 14.0. The predicted octanol–water partition coefficient (Wildman–Crippen LogP) is 6.47. The number of benzene rings is 2. The monoisotopic (exact) mass is 499 g/mol. The summed E-state index contributed by atoms with van der Waals surface area (Å²) in [5.74, 6) is 0.585. The average Bonchev–Trinajstić information content (AvgIpc) is 2.93. The minimum atomic E-state index is -3.64. The zero-order valence-electron chi connectivity index (χ0n) is 21.2. The smallest absolute Gasteiger partial charge is 0.181 e. The molecule has 0 saturated carbocycles. The summed E-state index contributed by atoms with van der Waals surface area (Å²) < 4.78 is 39.1. The average molecular weight is 500 g/mol. The molecule has 0 atom stereocenters. The zero-order valence-corrected chi connectivity index (χ0v) is 22.1. The number of unbranched alkanes of at least 4 members (excludes halogenated alkanes) is 2. The van der Waals surface area contributed by atoms with Gasteiger partial charge in [-0.15, -0.1) is 0 Å². The van der Waals surface area contributed by atoms with E-state index in [1.807, 2.05) is 30.3 Å². The Labute approximate surface area is 209 Å². The summed E-state index contributed by atoms with van der Waals surface area (Å²) in [5, 5.41) is 0. The molecule has 1 heterocycles. The van der Waals surface area contributed by atoms with Crippen LogP contribution in [0.4, 0.5) is 11.4 Å². The molecule has 0 aliphatic carbocycles. The van der Waals surface area contributed by atoms with Crippen molar-refractivity contribution in [2.24, 2.45) is 5.41 Å². The van der Waals surface area contributed by atoms with Gasteiger partial charge in [0.25, 0.3) is 0 Å². The number of ether oxygens (including phenoxy) is 2. The van der Waals surface area contributed by atoms with Crippen molar-refractivity contribution in [3.63, 3.8) is 0 Å². The number of ketones is 1. The van der Waals surface area contributed by atoms with E-state index in [2.05, 4.69) is 18.7 Å². The number of allylic oxidation sites excluding steroid dienone is 1. The topological polar surface area (TPSA) is 72.9 Å². The molecule has 0 unspecified atom stereocenters. The van der Waals surface area contributed by atoms with Gasteiger partial charge in [-0.3, -0.25) is 4.79 Å². The molecule has 0 aromatic heterocycles. The second kappa shape index (κ2) is 11.8. The van der Waals surface area contributed by atoms with Gasteiger partial charge in [-0.25, -0.2) is 8.42 Å². The molecule has 2 aromatic rings. The van der Waals surface area contributed by atoms with Crippen molar-refractivity contribution in [2.75, 3.05) is 24.3 Å². The number of fused-ring (bicyclic) bond motifs is 1. The summed E-state index contributed by atoms with van der Waals surface area (Å²) in [5.41, 5.74) is 1.16. The van der Waals surface area contributed by atoms with Crippen LogP contribution in [-0.4, -0.2) is 33.6 Å². The van der Waals surface area contributed by atoms with Gasteiger partial charge in [-0.05, 0) is 31.9 Å². The molecule has 0 spiro atoms. The van der Waals surface area contributed by atoms with Crippen LogP contribution in [0.5, 0.6) is 11.5 Å². The van der Waals surface area contributed by atoms with Crippen LogP contribution in [0.3, 0.4) is 0 Å². The second-order valence-corrected chi connectivity index (χ2v) is 11.3. The van der Waals surface area contributed by atoms with Gasteiger partial charge in [-0.1, -0.05) is 57.7 Å². The standard InChI is InChI=1S/C28H37NO5S/c1-5-7-15-28(16-8-6-2)20-29(23-12-10-9-11-13-23)24-18-25(33-4)26(34-17-14-22(3)30)19-27(24)35(31,32)21-28/h9-14,17-19H,5-8,15-16,20-21H2,1-4H3/b17-14+. The van der Waals surface area contributed by atoms with Crippen LogP contribution in [0, 0.1) is 5.41 Å². The molecule has 3 rings (SSSR count). The maximum Gasteiger partial charge on any atom is 0.181 e. The van der Waals surface area contributed by atoms with Crippen molar-refractivity contribution in [2.45, 2.75) is 64.2 Å². The summed E-state index contributed by atoms with van der Waals surface area (Å²) in [6.45, 7) is 6.32. The van der Waals surface area contributed by atoms with Crippen molar-refractivity contribution >= 4 is 27.0 Å². The van der Waals surface area contributed by atoms with E-state index in [1.165, 1.54) is 26.4 Å². The lowest BCUT2D eigenvalue weighted by Crippen LogP contribution is -2.38. The molecule has 1 aliphatic heterocycles. The number of nitrogens with zero attached hydrogens (tertiary/aromatic N) is 1. The van der Waals surface area contributed by atoms with Crippen molar-refractivity contribution in [1.82, 2.24) is 0 Å². The Morgan fingerprint density at radius 2 is 1.71 bits per heavy atom. The third kappa shape index (κ3) is 6.45. The van der Waals surface area contributed by atoms with Gasteiger partial charge in [0.05, 0.1) is 29.7 Å². The first kappa shape index (κ1) is 26.8. The molecular formula is C28H37NO5S. The van der Waals surface area contributed by atoms with Gasteiger partial charge < -0.3 is 14.4 Å². The molecular weight excluding hydrogens is 462 g/mol. The molecule has 0 radical (unpaired) electrons. The fourth-order valence-corrected chi connectivity index (χ4v) is 6.88. The molecule has 35 heavy (non-hydrogen) atoms. The molecule has 0 N–H and O–H groups in total. The summed E-state index contributed by atoms with van der Waals surface area (Å²) >= 11 is 0. The van der Waals surface area contributed by atoms with Crippen LogP contribution < -0.4 is 14.4 Å². The SMILES string of the molecule is CCCCC1(CCCC)CN(c2ccccc2)c2cc(OC)c(O/C=C/C(C)=O)cc2S(=O)(=O)C1. The lowest BCUT2D eigenvalue weighted by molar-refractivity contribution is -0.112. The highest BCUT2D eigenvalue weighted by Gasteiger charge is 2.42. The minimum Gasteiger partial charge on any atom is -0.493 e. The van der Waals surface area contributed by atoms with E-state index in [-0.39, 0.29) is 27.6 Å². The van der Waals surface area contributed by atoms with E-state index < -0.39 is 9.84 Å². The van der Waals surface area contributed by atoms with E-state index in [9.17, 15) is 13.2 Å². The molecule has 0 fully saturated rings. The van der Waals surface area contributed by atoms with Crippen LogP contribution in [0.1, 0.15) is 59.3 Å². The summed E-state index contributed by atoms with van der Waals surface area (Å²) in [7, 11) is -2.12. The highest BCUT2D eigenvalue weighted by molar-refractivity contribution is 7.91. The maximum atomic E-state index is 14.0. The molecule has 2 aromatic carbocycles. The predicted molar refractivity (Wildman–Crippen MR) is 140 cm³/mol. The molecule has 0 saturated heterocycles. The Hall–Kier alpha value is -2.80. The Balaban J connectivity index is 2.22. The first-order valence-electron chi connectivity index (χ1n) is 12.4. The van der Waals surface area contributed by atoms with E-state index in [0.717, 1.165) is 44.2 Å². The number of carbonyl (C=O) groups is 1. The van der Waals surface area contributed by atoms with Crippen LogP contribution in [0.2, 0.25) is 0 Å². The number of anilines is 2. The number of sulfone groups is 1. The number of methoxy groups -OCH3 is 1. The van der Waals surface area contributed by atoms with E-state index in [0.29, 0.717) is 18.0 Å². The third-order valence-corrected chi connectivity index (χ3v) is 8.54. The summed E-state index contributed by atoms with van der Waals surface area (Å²) in [6, 6.07) is 13.2. The van der Waals surface area contributed by atoms with Crippen molar-refractivity contribution in [3.8, 4) is 11.5 Å². The molecule has 1 aliphatic rings. The van der Waals surface area contributed by atoms with E-state index >= 15 is 0 Å². The Kier molecular flexibility index (Phi) is 9.00. The number of hydrogen-bond acceptors (Lipinski definition) is 6. The zero-order chi connectivity index (χ0) is 25.5. The van der Waals surface area contributed by atoms with Crippen molar-refractivity contribution in [3.05, 3.63) is 54.8 Å². The number of para-hydroxylation sites is 1. The number of rotatable bonds is 11. The van der Waals surface area contributed by atoms with Gasteiger partial charge in [0.2, 0.25) is 0 Å². The van der Waals surface area contributed by atoms with Gasteiger partial charge in [0.15, 0.2) is 27.1 Å². The normalized spacial score (nSPS) is 16.5. The third-order valence-electron chi connectivity index (χ3n) is 6.55. The fraction of sp³-hybridized carbons (Fsp3) is 0.464. The second-order valence-electron chi connectivity index (χ2n) is 9.39. The van der Waals surface area contributed by atoms with Gasteiger partial charge in [0, 0.05) is 35.9 Å². The minimum absolute atomic E-state index is 0.0887. The lowest BCUT2D eigenvalue weighted by Gasteiger charge is -2.37. The quantitative estimate of drug-likeness (QED) is 0.261.